The van der Waals surface area contributed by atoms with Crippen LogP contribution in [0.15, 0.2) is 109 Å². The number of nitrogens with zero attached hydrogens (tertiary/aromatic N) is 3. The fourth-order valence-corrected chi connectivity index (χ4v) is 6.68. The molecule has 0 aliphatic heterocycles. The third-order valence-corrected chi connectivity index (χ3v) is 9.36. The predicted octanol–water partition coefficient (Wildman–Crippen LogP) is 9.13. The molecule has 8 nitrogen and oxygen atoms in total. The number of hydrogen-bond acceptors (Lipinski definition) is 5. The number of carbonyl (C=O) groups excluding carboxylic acids is 1. The molecule has 1 saturated carbocycles. The Morgan fingerprint density at radius 3 is 2.29 bits per heavy atom. The number of fused-ring (bicyclic) bond motifs is 1. The molecule has 0 bridgehead atoms. The van der Waals surface area contributed by atoms with Crippen LogP contribution >= 0.6 is 11.6 Å². The number of halogens is 1. The summed E-state index contributed by atoms with van der Waals surface area (Å²) < 4.78 is 8.61. The van der Waals surface area contributed by atoms with Gasteiger partial charge in [-0.1, -0.05) is 49.1 Å². The summed E-state index contributed by atoms with van der Waals surface area (Å²) in [5, 5.41) is 13.2. The first-order chi connectivity index (χ1) is 23.9. The first-order valence-corrected chi connectivity index (χ1v) is 16.9. The van der Waals surface area contributed by atoms with Gasteiger partial charge in [0.2, 0.25) is 0 Å². The van der Waals surface area contributed by atoms with Crippen LogP contribution in [0.1, 0.15) is 70.0 Å². The fourth-order valence-electron chi connectivity index (χ4n) is 6.56. The zero-order valence-electron chi connectivity index (χ0n) is 26.8. The number of hydrogen-bond donors (Lipinski definition) is 2. The molecule has 2 N–H and O–H groups in total. The van der Waals surface area contributed by atoms with Crippen molar-refractivity contribution in [1.82, 2.24) is 19.9 Å². The molecule has 0 unspecified atom stereocenters. The molecule has 6 aromatic rings. The molecule has 49 heavy (non-hydrogen) atoms. The second kappa shape index (κ2) is 14.3. The minimum atomic E-state index is -0.965. The van der Waals surface area contributed by atoms with Gasteiger partial charge in [0.05, 0.1) is 16.6 Å². The molecule has 1 fully saturated rings. The van der Waals surface area contributed by atoms with Crippen LogP contribution in [0.2, 0.25) is 5.02 Å². The first-order valence-electron chi connectivity index (χ1n) is 16.5. The van der Waals surface area contributed by atoms with Gasteiger partial charge in [-0.3, -0.25) is 9.78 Å². The van der Waals surface area contributed by atoms with E-state index in [0.29, 0.717) is 34.4 Å². The second-order valence-corrected chi connectivity index (χ2v) is 12.8. The zero-order valence-corrected chi connectivity index (χ0v) is 27.6. The van der Waals surface area contributed by atoms with Gasteiger partial charge in [0.15, 0.2) is 0 Å². The third-order valence-electron chi connectivity index (χ3n) is 9.11. The standard InChI is InChI=1S/C40H35ClN4O4/c41-32-12-6-27(7-13-32)35-16-10-29(39(46)43-24-26-18-20-42-21-19-26)22-31(35)25-49-34-14-8-28(9-15-34)38-44-36-23-30(40(47)48)11-17-37(36)45(38)33-4-2-1-3-5-33/h6-23,33H,1-5,24-25H2,(H,43,46)(H,47,48). The van der Waals surface area contributed by atoms with Crippen molar-refractivity contribution in [3.63, 3.8) is 0 Å². The van der Waals surface area contributed by atoms with E-state index < -0.39 is 5.97 Å². The molecule has 0 radical (unpaired) electrons. The summed E-state index contributed by atoms with van der Waals surface area (Å²) in [6, 6.07) is 30.3. The zero-order chi connectivity index (χ0) is 33.7. The van der Waals surface area contributed by atoms with Crippen molar-refractivity contribution in [1.29, 1.82) is 0 Å². The van der Waals surface area contributed by atoms with Gasteiger partial charge < -0.3 is 19.7 Å². The molecular formula is C40H35ClN4O4. The number of imidazole rings is 1. The Kier molecular flexibility index (Phi) is 9.39. The van der Waals surface area contributed by atoms with Crippen molar-refractivity contribution in [2.45, 2.75) is 51.3 Å². The van der Waals surface area contributed by atoms with Crippen molar-refractivity contribution < 1.29 is 19.4 Å². The van der Waals surface area contributed by atoms with Crippen molar-refractivity contribution >= 4 is 34.5 Å². The van der Waals surface area contributed by atoms with Crippen LogP contribution in [0.25, 0.3) is 33.5 Å². The molecule has 1 aliphatic rings. The van der Waals surface area contributed by atoms with Gasteiger partial charge in [0.25, 0.3) is 5.91 Å². The molecule has 0 saturated heterocycles. The lowest BCUT2D eigenvalue weighted by Gasteiger charge is -2.25. The van der Waals surface area contributed by atoms with Gasteiger partial charge in [-0.05, 0) is 114 Å². The van der Waals surface area contributed by atoms with E-state index in [0.717, 1.165) is 64.8 Å². The molecule has 1 aliphatic carbocycles. The lowest BCUT2D eigenvalue weighted by Crippen LogP contribution is -2.23. The fraction of sp³-hybridized carbons (Fsp3) is 0.200. The molecule has 2 heterocycles. The Labute approximate surface area is 289 Å². The maximum Gasteiger partial charge on any atom is 0.335 e. The summed E-state index contributed by atoms with van der Waals surface area (Å²) in [6.45, 7) is 0.634. The quantitative estimate of drug-likeness (QED) is 0.151. The number of aromatic carboxylic acids is 1. The van der Waals surface area contributed by atoms with Crippen LogP contribution in [0, 0.1) is 0 Å². The lowest BCUT2D eigenvalue weighted by atomic mass is 9.95. The number of amides is 1. The minimum absolute atomic E-state index is 0.179. The van der Waals surface area contributed by atoms with E-state index in [9.17, 15) is 14.7 Å². The number of rotatable bonds is 10. The molecule has 2 aromatic heterocycles. The van der Waals surface area contributed by atoms with E-state index in [-0.39, 0.29) is 18.1 Å². The number of carboxylic acid groups (broad SMARTS) is 1. The highest BCUT2D eigenvalue weighted by Crippen LogP contribution is 2.37. The summed E-state index contributed by atoms with van der Waals surface area (Å²) in [6.07, 6.45) is 9.09. The molecule has 246 valence electrons. The summed E-state index contributed by atoms with van der Waals surface area (Å²) >= 11 is 6.17. The van der Waals surface area contributed by atoms with Gasteiger partial charge in [-0.25, -0.2) is 9.78 Å². The number of benzene rings is 4. The van der Waals surface area contributed by atoms with E-state index in [4.69, 9.17) is 21.3 Å². The van der Waals surface area contributed by atoms with Crippen molar-refractivity contribution in [2.75, 3.05) is 0 Å². The highest BCUT2D eigenvalue weighted by atomic mass is 35.5. The summed E-state index contributed by atoms with van der Waals surface area (Å²) in [5.74, 6) is 0.354. The smallest absolute Gasteiger partial charge is 0.335 e. The molecule has 1 amide bonds. The SMILES string of the molecule is O=C(O)c1ccc2c(c1)nc(-c1ccc(OCc3cc(C(=O)NCc4ccncc4)ccc3-c3ccc(Cl)cc3)cc1)n2C1CCCCC1. The number of pyridine rings is 1. The van der Waals surface area contributed by atoms with E-state index >= 15 is 0 Å². The van der Waals surface area contributed by atoms with Crippen LogP contribution in [0.3, 0.4) is 0 Å². The average molecular weight is 671 g/mol. The molecule has 9 heteroatoms. The number of aromatic nitrogens is 3. The van der Waals surface area contributed by atoms with E-state index in [2.05, 4.69) is 14.9 Å². The monoisotopic (exact) mass is 670 g/mol. The van der Waals surface area contributed by atoms with Crippen LogP contribution in [0.5, 0.6) is 5.75 Å². The van der Waals surface area contributed by atoms with Gasteiger partial charge in [0.1, 0.15) is 18.2 Å². The first kappa shape index (κ1) is 32.1. The Morgan fingerprint density at radius 2 is 1.55 bits per heavy atom. The van der Waals surface area contributed by atoms with Gasteiger partial charge in [-0.2, -0.15) is 0 Å². The Hall–Kier alpha value is -5.47. The second-order valence-electron chi connectivity index (χ2n) is 12.3. The minimum Gasteiger partial charge on any atom is -0.489 e. The topological polar surface area (TPSA) is 106 Å². The molecule has 0 atom stereocenters. The maximum atomic E-state index is 13.1. The molecule has 0 spiro atoms. The summed E-state index contributed by atoms with van der Waals surface area (Å²) in [5.41, 5.74) is 7.06. The molecule has 7 rings (SSSR count). The molecular weight excluding hydrogens is 636 g/mol. The van der Waals surface area contributed by atoms with Crippen LogP contribution in [0.4, 0.5) is 0 Å². The van der Waals surface area contributed by atoms with E-state index in [1.54, 1.807) is 24.5 Å². The van der Waals surface area contributed by atoms with Crippen LogP contribution in [-0.2, 0) is 13.2 Å². The van der Waals surface area contributed by atoms with Crippen LogP contribution < -0.4 is 10.1 Å². The Bertz CT molecular complexity index is 2110. The van der Waals surface area contributed by atoms with Crippen molar-refractivity contribution in [2.24, 2.45) is 0 Å². The Balaban J connectivity index is 1.15. The number of carbonyl (C=O) groups is 2. The average Bonchev–Trinajstić information content (AvgIpc) is 3.53. The van der Waals surface area contributed by atoms with Gasteiger partial charge in [-0.15, -0.1) is 0 Å². The largest absolute Gasteiger partial charge is 0.489 e. The highest BCUT2D eigenvalue weighted by Gasteiger charge is 2.23. The third kappa shape index (κ3) is 7.20. The summed E-state index contributed by atoms with van der Waals surface area (Å²) in [7, 11) is 0. The van der Waals surface area contributed by atoms with E-state index in [1.807, 2.05) is 84.9 Å². The number of nitrogens with one attached hydrogen (secondary N) is 1. The van der Waals surface area contributed by atoms with Gasteiger partial charge in [0, 0.05) is 41.1 Å². The predicted molar refractivity (Wildman–Crippen MR) is 191 cm³/mol. The van der Waals surface area contributed by atoms with Crippen molar-refractivity contribution in [3.05, 3.63) is 137 Å². The highest BCUT2D eigenvalue weighted by molar-refractivity contribution is 6.30. The van der Waals surface area contributed by atoms with Crippen molar-refractivity contribution in [3.8, 4) is 28.3 Å². The van der Waals surface area contributed by atoms with E-state index in [1.165, 1.54) is 6.42 Å². The lowest BCUT2D eigenvalue weighted by molar-refractivity contribution is 0.0696. The van der Waals surface area contributed by atoms with Gasteiger partial charge >= 0.3 is 5.97 Å². The number of carboxylic acids is 1. The summed E-state index contributed by atoms with van der Waals surface area (Å²) in [4.78, 5) is 33.8. The molecule has 4 aromatic carbocycles. The maximum absolute atomic E-state index is 13.1. The van der Waals surface area contributed by atoms with Crippen LogP contribution in [-0.4, -0.2) is 31.5 Å². The normalized spacial score (nSPS) is 13.3. The Morgan fingerprint density at radius 1 is 0.837 bits per heavy atom. The number of ether oxygens (including phenoxy) is 1.